The van der Waals surface area contributed by atoms with Crippen LogP contribution in [-0.4, -0.2) is 31.1 Å². The Hall–Kier alpha value is -1.42. The lowest BCUT2D eigenvalue weighted by atomic mass is 9.88. The van der Waals surface area contributed by atoms with Crippen LogP contribution in [0.5, 0.6) is 0 Å². The fourth-order valence-corrected chi connectivity index (χ4v) is 4.72. The molecule has 1 heterocycles. The molecule has 2 N–H and O–H groups in total. The lowest BCUT2D eigenvalue weighted by Crippen LogP contribution is -2.42. The molecule has 0 aromatic carbocycles. The van der Waals surface area contributed by atoms with Crippen LogP contribution in [0.3, 0.4) is 0 Å². The summed E-state index contributed by atoms with van der Waals surface area (Å²) >= 11 is 6.33. The molecule has 2 rings (SSSR count). The number of sulfonamides is 1. The molecule has 0 aromatic rings. The number of piperidine rings is 1. The van der Waals surface area contributed by atoms with E-state index in [0.717, 1.165) is 24.1 Å². The first-order chi connectivity index (χ1) is 12.8. The zero-order chi connectivity index (χ0) is 20.6. The van der Waals surface area contributed by atoms with Gasteiger partial charge in [-0.05, 0) is 50.3 Å². The molecule has 1 aliphatic carbocycles. The van der Waals surface area contributed by atoms with Crippen molar-refractivity contribution in [3.63, 3.8) is 0 Å². The van der Waals surface area contributed by atoms with Crippen LogP contribution in [0.25, 0.3) is 0 Å². The van der Waals surface area contributed by atoms with Gasteiger partial charge in [0.25, 0.3) is 0 Å². The molecule has 0 bridgehead atoms. The number of terminal acetylenes is 1. The van der Waals surface area contributed by atoms with E-state index in [9.17, 15) is 8.42 Å². The SMILES string of the molecule is C#CNNC1=CC(Cl)=CC(C2CCN(S(=O)(=O)C(C)C)CC2)=CC1C.CC. The van der Waals surface area contributed by atoms with Gasteiger partial charge in [-0.3, -0.25) is 10.9 Å². The van der Waals surface area contributed by atoms with Gasteiger partial charge in [0.2, 0.25) is 10.0 Å². The lowest BCUT2D eigenvalue weighted by molar-refractivity contribution is 0.298. The van der Waals surface area contributed by atoms with Crippen LogP contribution < -0.4 is 10.9 Å². The van der Waals surface area contributed by atoms with E-state index >= 15 is 0 Å². The molecule has 0 aromatic heterocycles. The number of allylic oxidation sites excluding steroid dienone is 5. The van der Waals surface area contributed by atoms with Crippen LogP contribution in [0.2, 0.25) is 0 Å². The molecule has 1 fully saturated rings. The predicted molar refractivity (Wildman–Crippen MR) is 114 cm³/mol. The molecule has 0 amide bonds. The Kier molecular flexibility index (Phi) is 9.44. The molecule has 5 nitrogen and oxygen atoms in total. The van der Waals surface area contributed by atoms with Gasteiger partial charge in [-0.2, -0.15) is 0 Å². The molecular weight excluding hydrogens is 382 g/mol. The number of nitrogens with zero attached hydrogens (tertiary/aromatic N) is 1. The average molecular weight is 414 g/mol. The summed E-state index contributed by atoms with van der Waals surface area (Å²) in [5, 5.41) is 0.256. The van der Waals surface area contributed by atoms with E-state index < -0.39 is 10.0 Å². The second kappa shape index (κ2) is 10.8. The van der Waals surface area contributed by atoms with E-state index in [4.69, 9.17) is 18.0 Å². The van der Waals surface area contributed by atoms with E-state index in [1.165, 1.54) is 0 Å². The van der Waals surface area contributed by atoms with Crippen LogP contribution in [0.1, 0.15) is 47.5 Å². The second-order valence-corrected chi connectivity index (χ2v) is 9.67. The molecule has 0 saturated carbocycles. The average Bonchev–Trinajstić information content (AvgIpc) is 2.79. The smallest absolute Gasteiger partial charge is 0.216 e. The molecule has 0 spiro atoms. The highest BCUT2D eigenvalue weighted by atomic mass is 35.5. The molecule has 27 heavy (non-hydrogen) atoms. The summed E-state index contributed by atoms with van der Waals surface area (Å²) in [5.41, 5.74) is 7.67. The monoisotopic (exact) mass is 413 g/mol. The van der Waals surface area contributed by atoms with Crippen LogP contribution in [-0.2, 0) is 10.0 Å². The summed E-state index contributed by atoms with van der Waals surface area (Å²) in [7, 11) is -3.18. The minimum Gasteiger partial charge on any atom is -0.297 e. The number of nitrogens with one attached hydrogen (secondary N) is 2. The van der Waals surface area contributed by atoms with Gasteiger partial charge in [0.15, 0.2) is 0 Å². The normalized spacial score (nSPS) is 21.7. The van der Waals surface area contributed by atoms with Gasteiger partial charge in [-0.1, -0.05) is 44.9 Å². The Morgan fingerprint density at radius 2 is 1.85 bits per heavy atom. The zero-order valence-corrected chi connectivity index (χ0v) is 18.5. The largest absolute Gasteiger partial charge is 0.297 e. The first kappa shape index (κ1) is 23.6. The second-order valence-electron chi connectivity index (χ2n) is 6.75. The Bertz CT molecular complexity index is 725. The summed E-state index contributed by atoms with van der Waals surface area (Å²) in [6.07, 6.45) is 12.8. The van der Waals surface area contributed by atoms with Gasteiger partial charge < -0.3 is 0 Å². The molecular formula is C20H32ClN3O2S. The van der Waals surface area contributed by atoms with E-state index in [1.807, 2.05) is 26.0 Å². The number of hydrogen-bond acceptors (Lipinski definition) is 4. The van der Waals surface area contributed by atoms with Crippen LogP contribution in [0, 0.1) is 24.3 Å². The Labute approximate surface area is 169 Å². The Morgan fingerprint density at radius 3 is 2.37 bits per heavy atom. The van der Waals surface area contributed by atoms with E-state index in [-0.39, 0.29) is 11.2 Å². The van der Waals surface area contributed by atoms with Crippen LogP contribution >= 0.6 is 11.6 Å². The van der Waals surface area contributed by atoms with Crippen LogP contribution in [0.15, 0.2) is 34.5 Å². The van der Waals surface area contributed by atoms with Gasteiger partial charge in [-0.25, -0.2) is 12.7 Å². The van der Waals surface area contributed by atoms with E-state index in [0.29, 0.717) is 24.0 Å². The lowest BCUT2D eigenvalue weighted by Gasteiger charge is -2.33. The van der Waals surface area contributed by atoms with E-state index in [2.05, 4.69) is 29.9 Å². The fraction of sp³-hybridized carbons (Fsp3) is 0.600. The molecule has 2 aliphatic rings. The molecule has 1 unspecified atom stereocenters. The minimum absolute atomic E-state index is 0.126. The highest BCUT2D eigenvalue weighted by molar-refractivity contribution is 7.89. The number of rotatable bonds is 5. The minimum atomic E-state index is -3.18. The van der Waals surface area contributed by atoms with Gasteiger partial charge in [0, 0.05) is 35.8 Å². The van der Waals surface area contributed by atoms with Gasteiger partial charge >= 0.3 is 0 Å². The number of halogens is 1. The molecule has 1 atom stereocenters. The summed E-state index contributed by atoms with van der Waals surface area (Å²) in [4.78, 5) is 0. The summed E-state index contributed by atoms with van der Waals surface area (Å²) in [6, 6.07) is 2.33. The van der Waals surface area contributed by atoms with Gasteiger partial charge in [-0.15, -0.1) is 0 Å². The maximum absolute atomic E-state index is 12.3. The molecule has 0 radical (unpaired) electrons. The molecule has 1 aliphatic heterocycles. The maximum atomic E-state index is 12.3. The van der Waals surface area contributed by atoms with Crippen molar-refractivity contribution < 1.29 is 8.42 Å². The quantitative estimate of drug-likeness (QED) is 0.409. The zero-order valence-electron chi connectivity index (χ0n) is 16.9. The summed E-state index contributed by atoms with van der Waals surface area (Å²) in [6.45, 7) is 10.6. The van der Waals surface area contributed by atoms with Crippen molar-refractivity contribution in [3.8, 4) is 12.5 Å². The Balaban J connectivity index is 0.00000176. The van der Waals surface area contributed by atoms with Crippen molar-refractivity contribution in [2.45, 2.75) is 52.7 Å². The first-order valence-corrected chi connectivity index (χ1v) is 11.4. The van der Waals surface area contributed by atoms with Gasteiger partial charge in [0.1, 0.15) is 0 Å². The van der Waals surface area contributed by atoms with Crippen molar-refractivity contribution in [2.75, 3.05) is 13.1 Å². The molecule has 1 saturated heterocycles. The number of hydrogen-bond donors (Lipinski definition) is 2. The third-order valence-corrected chi connectivity index (χ3v) is 7.19. The third-order valence-electron chi connectivity index (χ3n) is 4.69. The van der Waals surface area contributed by atoms with Crippen molar-refractivity contribution in [2.24, 2.45) is 11.8 Å². The highest BCUT2D eigenvalue weighted by Crippen LogP contribution is 2.32. The standard InChI is InChI=1S/C18H26ClN3O2S.C2H6/c1-5-20-21-18-12-17(19)11-16(10-14(18)4)15-6-8-22(9-7-15)25(23,24)13(2)3;1-2/h1,10-15,20-21H,6-9H2,2-4H3;1-2H3. The predicted octanol–water partition coefficient (Wildman–Crippen LogP) is 3.73. The Morgan fingerprint density at radius 1 is 1.26 bits per heavy atom. The number of hydrazine groups is 1. The topological polar surface area (TPSA) is 61.4 Å². The highest BCUT2D eigenvalue weighted by Gasteiger charge is 2.31. The van der Waals surface area contributed by atoms with Crippen molar-refractivity contribution in [1.82, 2.24) is 15.2 Å². The summed E-state index contributed by atoms with van der Waals surface area (Å²) in [5.74, 6) is 0.434. The van der Waals surface area contributed by atoms with Crippen molar-refractivity contribution >= 4 is 21.6 Å². The van der Waals surface area contributed by atoms with E-state index in [1.54, 1.807) is 18.2 Å². The van der Waals surface area contributed by atoms with Crippen molar-refractivity contribution in [1.29, 1.82) is 0 Å². The van der Waals surface area contributed by atoms with Crippen LogP contribution in [0.4, 0.5) is 0 Å². The molecule has 7 heteroatoms. The maximum Gasteiger partial charge on any atom is 0.216 e. The first-order valence-electron chi connectivity index (χ1n) is 9.51. The van der Waals surface area contributed by atoms with Gasteiger partial charge in [0.05, 0.1) is 5.25 Å². The fourth-order valence-electron chi connectivity index (χ4n) is 3.16. The summed E-state index contributed by atoms with van der Waals surface area (Å²) < 4.78 is 26.2. The molecule has 152 valence electrons. The third kappa shape index (κ3) is 6.31. The van der Waals surface area contributed by atoms with Crippen molar-refractivity contribution in [3.05, 3.63) is 34.5 Å².